The molecule has 0 saturated carbocycles. The summed E-state index contributed by atoms with van der Waals surface area (Å²) in [5.74, 6) is 0.653. The Bertz CT molecular complexity index is 334. The smallest absolute Gasteiger partial charge is 0.0575 e. The standard InChI is InChI=1S/C14H25N3/c1-6-16-13-7-14(9-15-8-13)17(12(4)5)10-11(2)3/h7-9,11-12,16H,6,10H2,1-5H3. The molecule has 1 rings (SSSR count). The number of nitrogens with zero attached hydrogens (tertiary/aromatic N) is 2. The highest BCUT2D eigenvalue weighted by Gasteiger charge is 2.12. The summed E-state index contributed by atoms with van der Waals surface area (Å²) >= 11 is 0. The molecule has 0 aliphatic carbocycles. The highest BCUT2D eigenvalue weighted by Crippen LogP contribution is 2.21. The normalized spacial score (nSPS) is 11.0. The quantitative estimate of drug-likeness (QED) is 0.819. The number of rotatable bonds is 6. The third-order valence-electron chi connectivity index (χ3n) is 2.62. The van der Waals surface area contributed by atoms with E-state index in [0.717, 1.165) is 18.8 Å². The van der Waals surface area contributed by atoms with Gasteiger partial charge in [0.1, 0.15) is 0 Å². The van der Waals surface area contributed by atoms with Crippen molar-refractivity contribution in [3.8, 4) is 0 Å². The van der Waals surface area contributed by atoms with Gasteiger partial charge in [-0.2, -0.15) is 0 Å². The van der Waals surface area contributed by atoms with E-state index in [1.807, 2.05) is 12.4 Å². The summed E-state index contributed by atoms with van der Waals surface area (Å²) in [6.07, 6.45) is 3.82. The van der Waals surface area contributed by atoms with Gasteiger partial charge in [0, 0.05) is 19.1 Å². The second-order valence-corrected chi connectivity index (χ2v) is 5.10. The summed E-state index contributed by atoms with van der Waals surface area (Å²) in [6.45, 7) is 13.0. The molecule has 1 aromatic heterocycles. The molecule has 0 amide bonds. The minimum absolute atomic E-state index is 0.496. The van der Waals surface area contributed by atoms with Gasteiger partial charge in [0.05, 0.1) is 23.8 Å². The van der Waals surface area contributed by atoms with Crippen LogP contribution in [-0.2, 0) is 0 Å². The van der Waals surface area contributed by atoms with Crippen molar-refractivity contribution in [3.05, 3.63) is 18.5 Å². The van der Waals surface area contributed by atoms with E-state index < -0.39 is 0 Å². The van der Waals surface area contributed by atoms with Crippen molar-refractivity contribution in [1.82, 2.24) is 4.98 Å². The zero-order valence-electron chi connectivity index (χ0n) is 11.7. The van der Waals surface area contributed by atoms with Crippen LogP contribution in [-0.4, -0.2) is 24.1 Å². The van der Waals surface area contributed by atoms with E-state index in [9.17, 15) is 0 Å². The molecule has 3 nitrogen and oxygen atoms in total. The zero-order valence-corrected chi connectivity index (χ0v) is 11.7. The average molecular weight is 235 g/mol. The second kappa shape index (κ2) is 6.48. The van der Waals surface area contributed by atoms with E-state index in [-0.39, 0.29) is 0 Å². The fraction of sp³-hybridized carbons (Fsp3) is 0.643. The predicted octanol–water partition coefficient (Wildman–Crippen LogP) is 3.38. The maximum atomic E-state index is 4.31. The average Bonchev–Trinajstić information content (AvgIpc) is 2.26. The lowest BCUT2D eigenvalue weighted by Crippen LogP contribution is -2.34. The molecule has 0 aromatic carbocycles. The maximum Gasteiger partial charge on any atom is 0.0575 e. The van der Waals surface area contributed by atoms with Gasteiger partial charge in [-0.05, 0) is 32.8 Å². The lowest BCUT2D eigenvalue weighted by Gasteiger charge is -2.30. The number of hydrogen-bond donors (Lipinski definition) is 1. The molecule has 0 fully saturated rings. The van der Waals surface area contributed by atoms with Crippen molar-refractivity contribution in [2.24, 2.45) is 5.92 Å². The van der Waals surface area contributed by atoms with Crippen LogP contribution in [0.1, 0.15) is 34.6 Å². The zero-order chi connectivity index (χ0) is 12.8. The summed E-state index contributed by atoms with van der Waals surface area (Å²) in [5, 5.41) is 3.31. The Labute approximate surface area is 105 Å². The van der Waals surface area contributed by atoms with Crippen LogP contribution in [0.15, 0.2) is 18.5 Å². The molecule has 0 aliphatic heterocycles. The van der Waals surface area contributed by atoms with E-state index in [1.165, 1.54) is 5.69 Å². The molecule has 1 heterocycles. The Morgan fingerprint density at radius 2 is 1.94 bits per heavy atom. The lowest BCUT2D eigenvalue weighted by molar-refractivity contribution is 0.570. The van der Waals surface area contributed by atoms with Crippen LogP contribution in [0.2, 0.25) is 0 Å². The van der Waals surface area contributed by atoms with Gasteiger partial charge in [0.25, 0.3) is 0 Å². The number of aromatic nitrogens is 1. The van der Waals surface area contributed by atoms with Crippen molar-refractivity contribution in [2.45, 2.75) is 40.7 Å². The maximum absolute atomic E-state index is 4.31. The van der Waals surface area contributed by atoms with Crippen LogP contribution < -0.4 is 10.2 Å². The van der Waals surface area contributed by atoms with E-state index in [4.69, 9.17) is 0 Å². The van der Waals surface area contributed by atoms with Crippen LogP contribution in [0.4, 0.5) is 11.4 Å². The van der Waals surface area contributed by atoms with Crippen molar-refractivity contribution in [3.63, 3.8) is 0 Å². The van der Waals surface area contributed by atoms with Crippen molar-refractivity contribution < 1.29 is 0 Å². The minimum atomic E-state index is 0.496. The van der Waals surface area contributed by atoms with Crippen LogP contribution >= 0.6 is 0 Å². The molecule has 0 unspecified atom stereocenters. The molecule has 17 heavy (non-hydrogen) atoms. The Hall–Kier alpha value is -1.25. The fourth-order valence-electron chi connectivity index (χ4n) is 1.89. The number of pyridine rings is 1. The summed E-state index contributed by atoms with van der Waals surface area (Å²) < 4.78 is 0. The van der Waals surface area contributed by atoms with E-state index in [2.05, 4.69) is 55.9 Å². The van der Waals surface area contributed by atoms with Gasteiger partial charge >= 0.3 is 0 Å². The molecule has 1 N–H and O–H groups in total. The number of nitrogens with one attached hydrogen (secondary N) is 1. The Morgan fingerprint density at radius 1 is 1.24 bits per heavy atom. The molecular weight excluding hydrogens is 210 g/mol. The topological polar surface area (TPSA) is 28.2 Å². The Balaban J connectivity index is 2.89. The first-order chi connectivity index (χ1) is 8.04. The summed E-state index contributed by atoms with van der Waals surface area (Å²) in [6, 6.07) is 2.68. The van der Waals surface area contributed by atoms with E-state index in [1.54, 1.807) is 0 Å². The highest BCUT2D eigenvalue weighted by atomic mass is 15.2. The third-order valence-corrected chi connectivity index (χ3v) is 2.62. The minimum Gasteiger partial charge on any atom is -0.384 e. The van der Waals surface area contributed by atoms with Gasteiger partial charge in [-0.1, -0.05) is 13.8 Å². The van der Waals surface area contributed by atoms with Gasteiger partial charge in [0.2, 0.25) is 0 Å². The molecule has 96 valence electrons. The van der Waals surface area contributed by atoms with E-state index >= 15 is 0 Å². The molecule has 3 heteroatoms. The predicted molar refractivity (Wildman–Crippen MR) is 75.7 cm³/mol. The molecule has 0 saturated heterocycles. The molecule has 0 spiro atoms. The largest absolute Gasteiger partial charge is 0.384 e. The van der Waals surface area contributed by atoms with Crippen molar-refractivity contribution >= 4 is 11.4 Å². The Morgan fingerprint density at radius 3 is 2.47 bits per heavy atom. The van der Waals surface area contributed by atoms with Gasteiger partial charge in [-0.25, -0.2) is 0 Å². The number of anilines is 2. The van der Waals surface area contributed by atoms with Gasteiger partial charge in [-0.15, -0.1) is 0 Å². The monoisotopic (exact) mass is 235 g/mol. The van der Waals surface area contributed by atoms with Crippen LogP contribution in [0, 0.1) is 5.92 Å². The van der Waals surface area contributed by atoms with Crippen molar-refractivity contribution in [2.75, 3.05) is 23.3 Å². The van der Waals surface area contributed by atoms with Crippen LogP contribution in [0.25, 0.3) is 0 Å². The summed E-state index contributed by atoms with van der Waals surface area (Å²) in [4.78, 5) is 6.71. The molecule has 0 aliphatic rings. The number of hydrogen-bond acceptors (Lipinski definition) is 3. The van der Waals surface area contributed by atoms with Gasteiger partial charge in [-0.3, -0.25) is 4.98 Å². The summed E-state index contributed by atoms with van der Waals surface area (Å²) in [7, 11) is 0. The van der Waals surface area contributed by atoms with Crippen LogP contribution in [0.5, 0.6) is 0 Å². The molecule has 0 radical (unpaired) electrons. The second-order valence-electron chi connectivity index (χ2n) is 5.10. The van der Waals surface area contributed by atoms with Gasteiger partial charge < -0.3 is 10.2 Å². The summed E-state index contributed by atoms with van der Waals surface area (Å²) in [5.41, 5.74) is 2.30. The van der Waals surface area contributed by atoms with Crippen molar-refractivity contribution in [1.29, 1.82) is 0 Å². The lowest BCUT2D eigenvalue weighted by atomic mass is 10.1. The molecule has 0 bridgehead atoms. The molecule has 1 aromatic rings. The van der Waals surface area contributed by atoms with Gasteiger partial charge in [0.15, 0.2) is 0 Å². The van der Waals surface area contributed by atoms with E-state index in [0.29, 0.717) is 12.0 Å². The third kappa shape index (κ3) is 4.25. The molecule has 0 atom stereocenters. The fourth-order valence-corrected chi connectivity index (χ4v) is 1.89. The first-order valence-corrected chi connectivity index (χ1v) is 6.50. The first-order valence-electron chi connectivity index (χ1n) is 6.50. The first kappa shape index (κ1) is 13.8. The Kier molecular flexibility index (Phi) is 5.26. The van der Waals surface area contributed by atoms with Crippen LogP contribution in [0.3, 0.4) is 0 Å². The molecular formula is C14H25N3. The SMILES string of the molecule is CCNc1cncc(N(CC(C)C)C(C)C)c1. The highest BCUT2D eigenvalue weighted by molar-refractivity contribution is 5.56.